The molecule has 3 rings (SSSR count). The summed E-state index contributed by atoms with van der Waals surface area (Å²) < 4.78 is 0. The van der Waals surface area contributed by atoms with Gasteiger partial charge in [-0.2, -0.15) is 0 Å². The highest BCUT2D eigenvalue weighted by molar-refractivity contribution is 7.11. The highest BCUT2D eigenvalue weighted by Gasteiger charge is 2.24. The van der Waals surface area contributed by atoms with E-state index < -0.39 is 0 Å². The zero-order valence-corrected chi connectivity index (χ0v) is 16.6. The Morgan fingerprint density at radius 1 is 1.36 bits per heavy atom. The molecule has 2 aromatic heterocycles. The first-order chi connectivity index (χ1) is 12.3. The topological polar surface area (TPSA) is 52.6 Å². The summed E-state index contributed by atoms with van der Waals surface area (Å²) in [5.41, 5.74) is 0. The van der Waals surface area contributed by atoms with Crippen LogP contribution in [-0.4, -0.2) is 42.0 Å². The minimum absolute atomic E-state index is 0.425. The van der Waals surface area contributed by atoms with E-state index in [0.29, 0.717) is 12.6 Å². The van der Waals surface area contributed by atoms with Crippen molar-refractivity contribution in [2.24, 2.45) is 4.99 Å². The summed E-state index contributed by atoms with van der Waals surface area (Å²) >= 11 is 3.56. The van der Waals surface area contributed by atoms with Crippen molar-refractivity contribution >= 4 is 28.6 Å². The number of aliphatic imine (C=N–C) groups is 1. The van der Waals surface area contributed by atoms with Crippen molar-refractivity contribution in [2.75, 3.05) is 26.2 Å². The largest absolute Gasteiger partial charge is 0.357 e. The molecule has 7 heteroatoms. The Bertz CT molecular complexity index is 659. The van der Waals surface area contributed by atoms with E-state index in [0.717, 1.165) is 24.1 Å². The third-order valence-corrected chi connectivity index (χ3v) is 6.17. The first-order valence-corrected chi connectivity index (χ1v) is 10.7. The Labute approximate surface area is 158 Å². The van der Waals surface area contributed by atoms with Crippen LogP contribution in [0.25, 0.3) is 0 Å². The minimum atomic E-state index is 0.425. The van der Waals surface area contributed by atoms with E-state index in [1.54, 1.807) is 11.3 Å². The van der Waals surface area contributed by atoms with Crippen LogP contribution in [0.4, 0.5) is 0 Å². The molecule has 1 saturated heterocycles. The van der Waals surface area contributed by atoms with Gasteiger partial charge in [-0.15, -0.1) is 22.7 Å². The molecule has 1 atom stereocenters. The van der Waals surface area contributed by atoms with Crippen LogP contribution in [0.2, 0.25) is 0 Å². The molecule has 136 valence electrons. The summed E-state index contributed by atoms with van der Waals surface area (Å²) in [5.74, 6) is 0.871. The van der Waals surface area contributed by atoms with Crippen LogP contribution in [-0.2, 0) is 6.54 Å². The first-order valence-electron chi connectivity index (χ1n) is 8.97. The lowest BCUT2D eigenvalue weighted by Crippen LogP contribution is -2.42. The van der Waals surface area contributed by atoms with Crippen LogP contribution in [0, 0.1) is 6.92 Å². The van der Waals surface area contributed by atoms with Gasteiger partial charge < -0.3 is 10.6 Å². The van der Waals surface area contributed by atoms with Crippen molar-refractivity contribution in [3.05, 3.63) is 38.5 Å². The molecule has 0 spiro atoms. The summed E-state index contributed by atoms with van der Waals surface area (Å²) in [6.07, 6.45) is 4.52. The molecule has 0 bridgehead atoms. The van der Waals surface area contributed by atoms with Crippen molar-refractivity contribution < 1.29 is 0 Å². The summed E-state index contributed by atoms with van der Waals surface area (Å²) in [6.45, 7) is 8.92. The Kier molecular flexibility index (Phi) is 6.84. The number of nitrogens with zero attached hydrogens (tertiary/aromatic N) is 3. The van der Waals surface area contributed by atoms with Gasteiger partial charge in [-0.05, 0) is 51.2 Å². The summed E-state index contributed by atoms with van der Waals surface area (Å²) in [7, 11) is 0. The predicted octanol–water partition coefficient (Wildman–Crippen LogP) is 3.41. The Hall–Kier alpha value is -1.44. The van der Waals surface area contributed by atoms with Crippen LogP contribution in [0.5, 0.6) is 0 Å². The first kappa shape index (κ1) is 18.4. The van der Waals surface area contributed by atoms with E-state index >= 15 is 0 Å². The molecular formula is C18H27N5S2. The van der Waals surface area contributed by atoms with Crippen molar-refractivity contribution in [2.45, 2.75) is 39.3 Å². The zero-order valence-electron chi connectivity index (χ0n) is 15.0. The number of aryl methyl sites for hydroxylation is 1. The standard InChI is InChI=1S/C18H27N5S2/c1-3-19-18(22-13-17-20-11-14(2)25-17)21-12-15(16-7-6-10-24-16)23-8-4-5-9-23/h6-7,10-11,15H,3-5,8-9,12-13H2,1-2H3,(H2,19,21,22). The molecule has 2 N–H and O–H groups in total. The predicted molar refractivity (Wildman–Crippen MR) is 108 cm³/mol. The number of thiazole rings is 1. The molecule has 0 radical (unpaired) electrons. The van der Waals surface area contributed by atoms with Crippen molar-refractivity contribution in [1.82, 2.24) is 20.5 Å². The second-order valence-electron chi connectivity index (χ2n) is 6.22. The second kappa shape index (κ2) is 9.31. The fourth-order valence-corrected chi connectivity index (χ4v) is 4.67. The van der Waals surface area contributed by atoms with Crippen LogP contribution in [0.3, 0.4) is 0 Å². The number of guanidine groups is 1. The van der Waals surface area contributed by atoms with Gasteiger partial charge in [-0.3, -0.25) is 4.90 Å². The van der Waals surface area contributed by atoms with Crippen molar-refractivity contribution in [1.29, 1.82) is 0 Å². The lowest BCUT2D eigenvalue weighted by atomic mass is 10.2. The molecule has 1 fully saturated rings. The lowest BCUT2D eigenvalue weighted by Gasteiger charge is -2.27. The smallest absolute Gasteiger partial charge is 0.191 e. The number of likely N-dealkylation sites (tertiary alicyclic amines) is 1. The fourth-order valence-electron chi connectivity index (χ4n) is 3.10. The molecule has 0 aliphatic carbocycles. The highest BCUT2D eigenvalue weighted by Crippen LogP contribution is 2.27. The lowest BCUT2D eigenvalue weighted by molar-refractivity contribution is 0.249. The van der Waals surface area contributed by atoms with Gasteiger partial charge in [0.15, 0.2) is 5.96 Å². The maximum absolute atomic E-state index is 4.70. The van der Waals surface area contributed by atoms with Gasteiger partial charge in [0.25, 0.3) is 0 Å². The molecule has 1 aliphatic heterocycles. The van der Waals surface area contributed by atoms with Crippen LogP contribution in [0.15, 0.2) is 28.7 Å². The average Bonchev–Trinajstić information content (AvgIpc) is 3.36. The highest BCUT2D eigenvalue weighted by atomic mass is 32.1. The normalized spacial score (nSPS) is 17.0. The summed E-state index contributed by atoms with van der Waals surface area (Å²) in [6, 6.07) is 4.82. The summed E-state index contributed by atoms with van der Waals surface area (Å²) in [4.78, 5) is 14.4. The number of nitrogens with one attached hydrogen (secondary N) is 2. The third-order valence-electron chi connectivity index (χ3n) is 4.30. The minimum Gasteiger partial charge on any atom is -0.357 e. The second-order valence-corrected chi connectivity index (χ2v) is 8.51. The number of rotatable bonds is 7. The number of hydrogen-bond acceptors (Lipinski definition) is 5. The fraction of sp³-hybridized carbons (Fsp3) is 0.556. The molecular weight excluding hydrogens is 350 g/mol. The zero-order chi connectivity index (χ0) is 17.5. The maximum atomic E-state index is 4.70. The Morgan fingerprint density at radius 2 is 2.20 bits per heavy atom. The number of thiophene rings is 1. The van der Waals surface area contributed by atoms with Crippen LogP contribution >= 0.6 is 22.7 Å². The molecule has 1 aliphatic rings. The maximum Gasteiger partial charge on any atom is 0.191 e. The van der Waals surface area contributed by atoms with E-state index in [1.165, 1.54) is 35.7 Å². The molecule has 1 unspecified atom stereocenters. The van der Waals surface area contributed by atoms with Gasteiger partial charge >= 0.3 is 0 Å². The average molecular weight is 378 g/mol. The van der Waals surface area contributed by atoms with Crippen LogP contribution < -0.4 is 10.6 Å². The van der Waals surface area contributed by atoms with Gasteiger partial charge in [-0.25, -0.2) is 9.98 Å². The number of hydrogen-bond donors (Lipinski definition) is 2. The van der Waals surface area contributed by atoms with Crippen molar-refractivity contribution in [3.8, 4) is 0 Å². The van der Waals surface area contributed by atoms with E-state index in [-0.39, 0.29) is 0 Å². The molecule has 0 saturated carbocycles. The number of aromatic nitrogens is 1. The SMILES string of the molecule is CCNC(=NCc1ncc(C)s1)NCC(c1cccs1)N1CCCC1. The van der Waals surface area contributed by atoms with E-state index in [2.05, 4.69) is 51.9 Å². The van der Waals surface area contributed by atoms with Crippen LogP contribution in [0.1, 0.15) is 40.6 Å². The molecule has 0 aromatic carbocycles. The molecule has 3 heterocycles. The molecule has 2 aromatic rings. The van der Waals surface area contributed by atoms with E-state index in [1.807, 2.05) is 17.5 Å². The monoisotopic (exact) mass is 377 g/mol. The molecule has 0 amide bonds. The van der Waals surface area contributed by atoms with Gasteiger partial charge in [0.1, 0.15) is 5.01 Å². The quantitative estimate of drug-likeness (QED) is 0.573. The van der Waals surface area contributed by atoms with Crippen molar-refractivity contribution in [3.63, 3.8) is 0 Å². The van der Waals surface area contributed by atoms with Gasteiger partial charge in [0.05, 0.1) is 12.6 Å². The third kappa shape index (κ3) is 5.26. The van der Waals surface area contributed by atoms with E-state index in [4.69, 9.17) is 4.99 Å². The van der Waals surface area contributed by atoms with Gasteiger partial charge in [0.2, 0.25) is 0 Å². The van der Waals surface area contributed by atoms with Gasteiger partial charge in [-0.1, -0.05) is 6.07 Å². The Morgan fingerprint density at radius 3 is 2.84 bits per heavy atom. The van der Waals surface area contributed by atoms with Gasteiger partial charge in [0, 0.05) is 29.0 Å². The molecule has 5 nitrogen and oxygen atoms in total. The summed E-state index contributed by atoms with van der Waals surface area (Å²) in [5, 5.41) is 10.1. The van der Waals surface area contributed by atoms with E-state index in [9.17, 15) is 0 Å². The Balaban J connectivity index is 1.63. The molecule has 25 heavy (non-hydrogen) atoms.